The van der Waals surface area contributed by atoms with Crippen LogP contribution in [-0.4, -0.2) is 43.7 Å². The highest BCUT2D eigenvalue weighted by Gasteiger charge is 2.31. The maximum atomic E-state index is 13.1. The lowest BCUT2D eigenvalue weighted by molar-refractivity contribution is -0.117. The fourth-order valence-electron chi connectivity index (χ4n) is 4.04. The lowest BCUT2D eigenvalue weighted by Crippen LogP contribution is -2.31. The van der Waals surface area contributed by atoms with Crippen molar-refractivity contribution in [1.29, 1.82) is 0 Å². The number of aromatic amines is 1. The molecule has 1 amide bonds. The van der Waals surface area contributed by atoms with Gasteiger partial charge in [0.15, 0.2) is 0 Å². The zero-order valence-electron chi connectivity index (χ0n) is 17.8. The van der Waals surface area contributed by atoms with Gasteiger partial charge >= 0.3 is 5.97 Å². The molecule has 0 spiro atoms. The summed E-state index contributed by atoms with van der Waals surface area (Å²) in [6.45, 7) is 0.402. The first-order valence-corrected chi connectivity index (χ1v) is 10.9. The van der Waals surface area contributed by atoms with Gasteiger partial charge in [0.1, 0.15) is 0 Å². The van der Waals surface area contributed by atoms with Crippen molar-refractivity contribution in [2.24, 2.45) is 0 Å². The molecule has 3 heterocycles. The van der Waals surface area contributed by atoms with Crippen LogP contribution in [0.2, 0.25) is 5.02 Å². The lowest BCUT2D eigenvalue weighted by atomic mass is 10.0. The van der Waals surface area contributed by atoms with Crippen molar-refractivity contribution in [1.82, 2.24) is 20.2 Å². The number of aromatic carboxylic acids is 1. The third-order valence-electron chi connectivity index (χ3n) is 5.60. The predicted octanol–water partition coefficient (Wildman–Crippen LogP) is 4.09. The van der Waals surface area contributed by atoms with Gasteiger partial charge in [-0.15, -0.1) is 0 Å². The zero-order valence-corrected chi connectivity index (χ0v) is 18.6. The van der Waals surface area contributed by atoms with Crippen LogP contribution in [0.15, 0.2) is 61.1 Å². The van der Waals surface area contributed by atoms with E-state index in [0.29, 0.717) is 52.1 Å². The fourth-order valence-corrected chi connectivity index (χ4v) is 4.24. The maximum absolute atomic E-state index is 13.1. The Morgan fingerprint density at radius 2 is 2.06 bits per heavy atom. The molecule has 3 N–H and O–H groups in total. The largest absolute Gasteiger partial charge is 0.478 e. The topological polar surface area (TPSA) is 124 Å². The van der Waals surface area contributed by atoms with Crippen molar-refractivity contribution in [3.8, 4) is 11.3 Å². The molecule has 10 heteroatoms. The number of benzene rings is 2. The molecule has 0 unspecified atom stereocenters. The second kappa shape index (κ2) is 8.95. The molecule has 1 aliphatic rings. The molecule has 0 bridgehead atoms. The standard InChI is InChI=1S/C24H19ClN6O3/c25-19-4-2-1-3-14(19)11-21(32)31-8-6-15-9-16(10-18(22(15)31)23(33)34)20-5-7-26-24(30-20)29-17-12-27-28-13-17/h1-5,7,9-10,12-13H,6,8,11H2,(H,27,28)(H,33,34)(H,26,29,30). The van der Waals surface area contributed by atoms with Gasteiger partial charge < -0.3 is 15.3 Å². The van der Waals surface area contributed by atoms with E-state index < -0.39 is 5.97 Å². The third kappa shape index (κ3) is 4.20. The monoisotopic (exact) mass is 474 g/mol. The molecule has 0 fully saturated rings. The summed E-state index contributed by atoms with van der Waals surface area (Å²) in [5.74, 6) is -0.954. The van der Waals surface area contributed by atoms with Gasteiger partial charge in [-0.25, -0.2) is 14.8 Å². The quantitative estimate of drug-likeness (QED) is 0.384. The Kier molecular flexibility index (Phi) is 5.69. The molecule has 0 atom stereocenters. The number of fused-ring (bicyclic) bond motifs is 1. The van der Waals surface area contributed by atoms with Crippen LogP contribution in [0.25, 0.3) is 11.3 Å². The summed E-state index contributed by atoms with van der Waals surface area (Å²) >= 11 is 6.22. The van der Waals surface area contributed by atoms with Gasteiger partial charge in [0.25, 0.3) is 0 Å². The molecule has 34 heavy (non-hydrogen) atoms. The minimum absolute atomic E-state index is 0.0560. The van der Waals surface area contributed by atoms with E-state index in [-0.39, 0.29) is 17.9 Å². The Morgan fingerprint density at radius 1 is 1.21 bits per heavy atom. The van der Waals surface area contributed by atoms with Crippen LogP contribution in [0.1, 0.15) is 21.5 Å². The van der Waals surface area contributed by atoms with Gasteiger partial charge in [-0.05, 0) is 41.8 Å². The van der Waals surface area contributed by atoms with Crippen molar-refractivity contribution < 1.29 is 14.7 Å². The van der Waals surface area contributed by atoms with Crippen LogP contribution < -0.4 is 10.2 Å². The first kappa shape index (κ1) is 21.6. The van der Waals surface area contributed by atoms with Gasteiger partial charge in [-0.3, -0.25) is 9.89 Å². The molecule has 170 valence electrons. The van der Waals surface area contributed by atoms with Crippen LogP contribution in [0.5, 0.6) is 0 Å². The molecule has 9 nitrogen and oxygen atoms in total. The number of H-pyrrole nitrogens is 1. The van der Waals surface area contributed by atoms with Crippen LogP contribution in [0.4, 0.5) is 17.3 Å². The number of nitrogens with one attached hydrogen (secondary N) is 2. The summed E-state index contributed by atoms with van der Waals surface area (Å²) in [4.78, 5) is 35.5. The number of anilines is 3. The highest BCUT2D eigenvalue weighted by atomic mass is 35.5. The minimum Gasteiger partial charge on any atom is -0.478 e. The summed E-state index contributed by atoms with van der Waals surface area (Å²) in [6.07, 6.45) is 5.50. The Hall–Kier alpha value is -4.24. The summed E-state index contributed by atoms with van der Waals surface area (Å²) in [5.41, 5.74) is 3.87. The maximum Gasteiger partial charge on any atom is 0.337 e. The van der Waals surface area contributed by atoms with Crippen molar-refractivity contribution in [3.05, 3.63) is 82.8 Å². The van der Waals surface area contributed by atoms with Gasteiger partial charge in [0.2, 0.25) is 11.9 Å². The Morgan fingerprint density at radius 3 is 2.82 bits per heavy atom. The molecular formula is C24H19ClN6O3. The van der Waals surface area contributed by atoms with Crippen LogP contribution in [-0.2, 0) is 17.6 Å². The molecule has 0 saturated heterocycles. The minimum atomic E-state index is -1.11. The number of hydrogen-bond donors (Lipinski definition) is 3. The molecule has 2 aromatic carbocycles. The Labute approximate surface area is 199 Å². The van der Waals surface area contributed by atoms with Crippen molar-refractivity contribution in [2.45, 2.75) is 12.8 Å². The molecule has 1 aliphatic heterocycles. The number of hydrogen-bond acceptors (Lipinski definition) is 6. The molecule has 4 aromatic rings. The lowest BCUT2D eigenvalue weighted by Gasteiger charge is -2.20. The normalized spacial score (nSPS) is 12.4. The first-order chi connectivity index (χ1) is 16.5. The van der Waals surface area contributed by atoms with E-state index in [2.05, 4.69) is 25.5 Å². The number of rotatable bonds is 6. The average molecular weight is 475 g/mol. The van der Waals surface area contributed by atoms with E-state index >= 15 is 0 Å². The number of halogens is 1. The van der Waals surface area contributed by atoms with E-state index in [1.807, 2.05) is 12.1 Å². The fraction of sp³-hybridized carbons (Fsp3) is 0.125. The molecule has 0 saturated carbocycles. The van der Waals surface area contributed by atoms with Crippen LogP contribution in [0.3, 0.4) is 0 Å². The van der Waals surface area contributed by atoms with Crippen molar-refractivity contribution >= 4 is 40.8 Å². The number of carbonyl (C=O) groups is 2. The summed E-state index contributed by atoms with van der Waals surface area (Å²) in [5, 5.41) is 20.1. The van der Waals surface area contributed by atoms with Crippen LogP contribution >= 0.6 is 11.6 Å². The van der Waals surface area contributed by atoms with E-state index in [4.69, 9.17) is 11.6 Å². The number of nitrogens with zero attached hydrogens (tertiary/aromatic N) is 4. The predicted molar refractivity (Wildman–Crippen MR) is 128 cm³/mol. The Bertz CT molecular complexity index is 1390. The van der Waals surface area contributed by atoms with E-state index in [9.17, 15) is 14.7 Å². The molecule has 0 aliphatic carbocycles. The average Bonchev–Trinajstić information content (AvgIpc) is 3.50. The third-order valence-corrected chi connectivity index (χ3v) is 5.97. The van der Waals surface area contributed by atoms with Gasteiger partial charge in [0.05, 0.1) is 35.2 Å². The second-order valence-corrected chi connectivity index (χ2v) is 8.18. The van der Waals surface area contributed by atoms with Gasteiger partial charge in [0, 0.05) is 29.5 Å². The van der Waals surface area contributed by atoms with Gasteiger partial charge in [-0.2, -0.15) is 5.10 Å². The second-order valence-electron chi connectivity index (χ2n) is 7.78. The molecule has 0 radical (unpaired) electrons. The SMILES string of the molecule is O=C(O)c1cc(-c2ccnc(Nc3cn[nH]c3)n2)cc2c1N(C(=O)Cc1ccccc1Cl)CC2. The number of carbonyl (C=O) groups excluding carboxylic acids is 1. The first-order valence-electron chi connectivity index (χ1n) is 10.5. The molecule has 5 rings (SSSR count). The number of aromatic nitrogens is 4. The van der Waals surface area contributed by atoms with E-state index in [1.165, 1.54) is 4.90 Å². The molecule has 2 aromatic heterocycles. The van der Waals surface area contributed by atoms with E-state index in [1.54, 1.807) is 48.9 Å². The summed E-state index contributed by atoms with van der Waals surface area (Å²) in [7, 11) is 0. The number of carboxylic acids is 1. The number of amides is 1. The highest BCUT2D eigenvalue weighted by Crippen LogP contribution is 2.36. The molecular weight excluding hydrogens is 456 g/mol. The van der Waals surface area contributed by atoms with Gasteiger partial charge in [-0.1, -0.05) is 29.8 Å². The van der Waals surface area contributed by atoms with E-state index in [0.717, 1.165) is 5.56 Å². The van der Waals surface area contributed by atoms with Crippen molar-refractivity contribution in [2.75, 3.05) is 16.8 Å². The van der Waals surface area contributed by atoms with Crippen LogP contribution in [0, 0.1) is 0 Å². The van der Waals surface area contributed by atoms with Crippen molar-refractivity contribution in [3.63, 3.8) is 0 Å². The smallest absolute Gasteiger partial charge is 0.337 e. The summed E-state index contributed by atoms with van der Waals surface area (Å²) in [6, 6.07) is 12.3. The Balaban J connectivity index is 1.47. The zero-order chi connectivity index (χ0) is 23.7. The highest BCUT2D eigenvalue weighted by molar-refractivity contribution is 6.31. The summed E-state index contributed by atoms with van der Waals surface area (Å²) < 4.78 is 0. The number of carboxylic acid groups (broad SMARTS) is 1.